The first-order valence-corrected chi connectivity index (χ1v) is 6.08. The number of ether oxygens (including phenoxy) is 2. The van der Waals surface area contributed by atoms with Gasteiger partial charge in [-0.1, -0.05) is 0 Å². The van der Waals surface area contributed by atoms with E-state index in [1.54, 1.807) is 25.3 Å². The zero-order valence-corrected chi connectivity index (χ0v) is 10.4. The molecule has 98 valence electrons. The number of nitrogen functional groups attached to an aromatic ring is 1. The average Bonchev–Trinajstić information content (AvgIpc) is 2.55. The van der Waals surface area contributed by atoms with Crippen molar-refractivity contribution in [2.24, 2.45) is 0 Å². The number of rotatable bonds is 3. The fraction of sp³-hybridized carbons (Fsp3) is 0.462. The first kappa shape index (κ1) is 12.5. The van der Waals surface area contributed by atoms with Crippen LogP contribution in [0.15, 0.2) is 18.2 Å². The largest absolute Gasteiger partial charge is 0.495 e. The van der Waals surface area contributed by atoms with Gasteiger partial charge in [-0.05, 0) is 31.4 Å². The van der Waals surface area contributed by atoms with Gasteiger partial charge in [0.05, 0.1) is 12.8 Å². The highest BCUT2D eigenvalue weighted by Gasteiger charge is 2.22. The summed E-state index contributed by atoms with van der Waals surface area (Å²) in [5.74, 6) is 1.14. The van der Waals surface area contributed by atoms with Gasteiger partial charge in [-0.25, -0.2) is 0 Å². The van der Waals surface area contributed by atoms with E-state index in [4.69, 9.17) is 15.2 Å². The van der Waals surface area contributed by atoms with Gasteiger partial charge in [0.1, 0.15) is 11.5 Å². The van der Waals surface area contributed by atoms with Crippen LogP contribution in [-0.2, 0) is 4.79 Å². The molecule has 1 aromatic carbocycles. The van der Waals surface area contributed by atoms with Crippen molar-refractivity contribution in [1.82, 2.24) is 5.32 Å². The minimum absolute atomic E-state index is 0.0538. The molecule has 1 fully saturated rings. The highest BCUT2D eigenvalue weighted by atomic mass is 16.5. The lowest BCUT2D eigenvalue weighted by Gasteiger charge is -2.16. The van der Waals surface area contributed by atoms with Gasteiger partial charge in [0.15, 0.2) is 6.10 Å². The van der Waals surface area contributed by atoms with Crippen LogP contribution in [0, 0.1) is 0 Å². The van der Waals surface area contributed by atoms with Crippen LogP contribution < -0.4 is 20.5 Å². The number of nitrogens with one attached hydrogen (secondary N) is 1. The fourth-order valence-corrected chi connectivity index (χ4v) is 1.97. The van der Waals surface area contributed by atoms with E-state index in [-0.39, 0.29) is 5.91 Å². The minimum atomic E-state index is -0.430. The number of benzene rings is 1. The highest BCUT2D eigenvalue weighted by molar-refractivity contribution is 5.81. The molecule has 0 radical (unpaired) electrons. The first-order chi connectivity index (χ1) is 8.70. The molecule has 1 aliphatic rings. The van der Waals surface area contributed by atoms with Gasteiger partial charge < -0.3 is 20.5 Å². The molecule has 0 spiro atoms. The molecule has 0 bridgehead atoms. The van der Waals surface area contributed by atoms with Gasteiger partial charge in [0.2, 0.25) is 0 Å². The zero-order chi connectivity index (χ0) is 13.0. The highest BCUT2D eigenvalue weighted by Crippen LogP contribution is 2.27. The molecule has 0 aliphatic carbocycles. The summed E-state index contributed by atoms with van der Waals surface area (Å²) in [5, 5.41) is 2.83. The van der Waals surface area contributed by atoms with Crippen LogP contribution in [0.25, 0.3) is 0 Å². The summed E-state index contributed by atoms with van der Waals surface area (Å²) in [5.41, 5.74) is 6.30. The van der Waals surface area contributed by atoms with Crippen molar-refractivity contribution in [1.29, 1.82) is 0 Å². The van der Waals surface area contributed by atoms with E-state index in [1.165, 1.54) is 0 Å². The molecule has 1 unspecified atom stereocenters. The lowest BCUT2D eigenvalue weighted by Crippen LogP contribution is -2.36. The second kappa shape index (κ2) is 5.62. The molecule has 1 aliphatic heterocycles. The summed E-state index contributed by atoms with van der Waals surface area (Å²) in [6, 6.07) is 5.17. The van der Waals surface area contributed by atoms with Crippen LogP contribution in [0.3, 0.4) is 0 Å². The van der Waals surface area contributed by atoms with E-state index in [1.807, 2.05) is 0 Å². The third kappa shape index (κ3) is 2.85. The second-order valence-electron chi connectivity index (χ2n) is 4.30. The van der Waals surface area contributed by atoms with Gasteiger partial charge in [0, 0.05) is 12.6 Å². The van der Waals surface area contributed by atoms with E-state index in [2.05, 4.69) is 5.32 Å². The number of hydrogen-bond acceptors (Lipinski definition) is 4. The standard InChI is InChI=1S/C13H18N2O3/c1-17-11-6-5-9(8-10(11)14)18-12-4-2-3-7-15-13(12)16/h5-6,8,12H,2-4,7,14H2,1H3,(H,15,16). The predicted octanol–water partition coefficient (Wildman–Crippen LogP) is 1.32. The molecule has 1 heterocycles. The van der Waals surface area contributed by atoms with E-state index in [0.29, 0.717) is 17.2 Å². The average molecular weight is 250 g/mol. The van der Waals surface area contributed by atoms with Crippen molar-refractivity contribution < 1.29 is 14.3 Å². The van der Waals surface area contributed by atoms with Crippen molar-refractivity contribution in [3.05, 3.63) is 18.2 Å². The van der Waals surface area contributed by atoms with E-state index < -0.39 is 6.10 Å². The van der Waals surface area contributed by atoms with Crippen molar-refractivity contribution in [3.8, 4) is 11.5 Å². The van der Waals surface area contributed by atoms with Crippen molar-refractivity contribution >= 4 is 11.6 Å². The summed E-state index contributed by atoms with van der Waals surface area (Å²) >= 11 is 0. The Morgan fingerprint density at radius 2 is 2.22 bits per heavy atom. The molecule has 2 rings (SSSR count). The Morgan fingerprint density at radius 1 is 1.39 bits per heavy atom. The minimum Gasteiger partial charge on any atom is -0.495 e. The molecule has 3 N–H and O–H groups in total. The third-order valence-electron chi connectivity index (χ3n) is 2.96. The Bertz CT molecular complexity index is 434. The van der Waals surface area contributed by atoms with Gasteiger partial charge in [-0.2, -0.15) is 0 Å². The van der Waals surface area contributed by atoms with Gasteiger partial charge >= 0.3 is 0 Å². The lowest BCUT2D eigenvalue weighted by molar-refractivity contribution is -0.127. The third-order valence-corrected chi connectivity index (χ3v) is 2.96. The molecule has 1 amide bonds. The van der Waals surface area contributed by atoms with Gasteiger partial charge in [0.25, 0.3) is 5.91 Å². The van der Waals surface area contributed by atoms with Crippen LogP contribution >= 0.6 is 0 Å². The molecule has 1 aromatic rings. The number of methoxy groups -OCH3 is 1. The Morgan fingerprint density at radius 3 is 2.94 bits per heavy atom. The van der Waals surface area contributed by atoms with Crippen LogP contribution in [-0.4, -0.2) is 25.7 Å². The number of carbonyl (C=O) groups excluding carboxylic acids is 1. The summed E-state index contributed by atoms with van der Waals surface area (Å²) in [4.78, 5) is 11.7. The molecule has 18 heavy (non-hydrogen) atoms. The number of carbonyl (C=O) groups is 1. The van der Waals surface area contributed by atoms with Crippen molar-refractivity contribution in [3.63, 3.8) is 0 Å². The predicted molar refractivity (Wildman–Crippen MR) is 68.7 cm³/mol. The lowest BCUT2D eigenvalue weighted by atomic mass is 10.2. The monoisotopic (exact) mass is 250 g/mol. The normalized spacial score (nSPS) is 19.8. The Hall–Kier alpha value is -1.91. The maximum atomic E-state index is 11.7. The fourth-order valence-electron chi connectivity index (χ4n) is 1.97. The van der Waals surface area contributed by atoms with Crippen LogP contribution in [0.5, 0.6) is 11.5 Å². The van der Waals surface area contributed by atoms with E-state index in [0.717, 1.165) is 25.8 Å². The molecular weight excluding hydrogens is 232 g/mol. The molecule has 5 heteroatoms. The molecular formula is C13H18N2O3. The summed E-state index contributed by atoms with van der Waals surface area (Å²) in [6.07, 6.45) is 2.28. The quantitative estimate of drug-likeness (QED) is 0.794. The Balaban J connectivity index is 2.08. The molecule has 0 saturated carbocycles. The Kier molecular flexibility index (Phi) is 3.92. The zero-order valence-electron chi connectivity index (χ0n) is 10.4. The topological polar surface area (TPSA) is 73.6 Å². The molecule has 0 aromatic heterocycles. The number of hydrogen-bond donors (Lipinski definition) is 2. The maximum Gasteiger partial charge on any atom is 0.261 e. The van der Waals surface area contributed by atoms with Crippen LogP contribution in [0.2, 0.25) is 0 Å². The summed E-state index contributed by atoms with van der Waals surface area (Å²) in [6.45, 7) is 0.726. The van der Waals surface area contributed by atoms with Crippen molar-refractivity contribution in [2.45, 2.75) is 25.4 Å². The SMILES string of the molecule is COc1ccc(OC2CCCCNC2=O)cc1N. The maximum absolute atomic E-state index is 11.7. The van der Waals surface area contributed by atoms with Gasteiger partial charge in [-0.15, -0.1) is 0 Å². The summed E-state index contributed by atoms with van der Waals surface area (Å²) < 4.78 is 10.8. The Labute approximate surface area is 106 Å². The van der Waals surface area contributed by atoms with E-state index >= 15 is 0 Å². The van der Waals surface area contributed by atoms with Gasteiger partial charge in [-0.3, -0.25) is 4.79 Å². The van der Waals surface area contributed by atoms with Crippen molar-refractivity contribution in [2.75, 3.05) is 19.4 Å². The van der Waals surface area contributed by atoms with Crippen LogP contribution in [0.1, 0.15) is 19.3 Å². The number of anilines is 1. The molecule has 1 atom stereocenters. The smallest absolute Gasteiger partial charge is 0.261 e. The summed E-state index contributed by atoms with van der Waals surface area (Å²) in [7, 11) is 1.56. The molecule has 5 nitrogen and oxygen atoms in total. The molecule has 1 saturated heterocycles. The van der Waals surface area contributed by atoms with E-state index in [9.17, 15) is 4.79 Å². The first-order valence-electron chi connectivity index (χ1n) is 6.08. The number of nitrogens with two attached hydrogens (primary N) is 1. The number of amides is 1. The van der Waals surface area contributed by atoms with Crippen LogP contribution in [0.4, 0.5) is 5.69 Å². The second-order valence-corrected chi connectivity index (χ2v) is 4.30.